The van der Waals surface area contributed by atoms with Crippen LogP contribution in [0.4, 0.5) is 0 Å². The average Bonchev–Trinajstić information content (AvgIpc) is 3.14. The summed E-state index contributed by atoms with van der Waals surface area (Å²) in [6, 6.07) is 5.66. The number of nitrogens with two attached hydrogens (primary N) is 1. The zero-order valence-electron chi connectivity index (χ0n) is 15.2. The molecule has 0 amide bonds. The highest BCUT2D eigenvalue weighted by atomic mass is 32.2. The predicted octanol–water partition coefficient (Wildman–Crippen LogP) is 2.77. The van der Waals surface area contributed by atoms with Crippen LogP contribution in [-0.4, -0.2) is 35.5 Å². The summed E-state index contributed by atoms with van der Waals surface area (Å²) >= 11 is 0. The van der Waals surface area contributed by atoms with Crippen molar-refractivity contribution in [1.82, 2.24) is 15.0 Å². The molecular weight excluding hydrogens is 350 g/mol. The summed E-state index contributed by atoms with van der Waals surface area (Å²) in [5.41, 5.74) is 9.51. The Morgan fingerprint density at radius 2 is 2.08 bits per heavy atom. The standard InChI is InChI=1S/C18H21N5O2S/c1-9-15(25-10(2)20-9)16-21-12-6-5-11(7-13(12)22-16)14-8-26(24)18(3,4)17(19)23-14/h5-7,14H,8H2,1-4H3,(H2,19,23)(H,21,22). The van der Waals surface area contributed by atoms with Gasteiger partial charge in [-0.05, 0) is 38.5 Å². The van der Waals surface area contributed by atoms with Gasteiger partial charge in [-0.3, -0.25) is 9.20 Å². The van der Waals surface area contributed by atoms with Crippen LogP contribution in [0.2, 0.25) is 0 Å². The first-order chi connectivity index (χ1) is 12.3. The fourth-order valence-corrected chi connectivity index (χ4v) is 4.35. The van der Waals surface area contributed by atoms with Crippen molar-refractivity contribution in [3.63, 3.8) is 0 Å². The molecular formula is C18H21N5O2S. The third-order valence-corrected chi connectivity index (χ3v) is 6.77. The van der Waals surface area contributed by atoms with Crippen molar-refractivity contribution >= 4 is 27.7 Å². The summed E-state index contributed by atoms with van der Waals surface area (Å²) in [5.74, 6) is 2.79. The minimum Gasteiger partial charge on any atom is -0.437 e. The molecule has 1 aromatic carbocycles. The Balaban J connectivity index is 1.74. The topological polar surface area (TPSA) is 110 Å². The molecule has 0 bridgehead atoms. The minimum absolute atomic E-state index is 0.214. The molecule has 0 saturated heterocycles. The lowest BCUT2D eigenvalue weighted by Gasteiger charge is -2.31. The molecule has 136 valence electrons. The smallest absolute Gasteiger partial charge is 0.192 e. The average molecular weight is 371 g/mol. The lowest BCUT2D eigenvalue weighted by Crippen LogP contribution is -2.47. The van der Waals surface area contributed by atoms with Gasteiger partial charge in [0.15, 0.2) is 17.5 Å². The van der Waals surface area contributed by atoms with Crippen molar-refractivity contribution in [3.05, 3.63) is 35.3 Å². The summed E-state index contributed by atoms with van der Waals surface area (Å²) in [5, 5.41) is 0. The number of oxazole rings is 1. The van der Waals surface area contributed by atoms with Crippen LogP contribution >= 0.6 is 0 Å². The molecule has 2 atom stereocenters. The summed E-state index contributed by atoms with van der Waals surface area (Å²) in [6.07, 6.45) is 0. The molecule has 1 aliphatic heterocycles. The first-order valence-corrected chi connectivity index (χ1v) is 9.74. The van der Waals surface area contributed by atoms with Crippen molar-refractivity contribution < 1.29 is 8.63 Å². The van der Waals surface area contributed by atoms with E-state index in [2.05, 4.69) is 19.9 Å². The number of amidine groups is 1. The molecule has 26 heavy (non-hydrogen) atoms. The number of aromatic amines is 1. The molecule has 1 aliphatic rings. The molecule has 2 unspecified atom stereocenters. The molecule has 4 rings (SSSR count). The number of aromatic nitrogens is 3. The van der Waals surface area contributed by atoms with Crippen LogP contribution in [0.1, 0.15) is 37.0 Å². The molecule has 0 spiro atoms. The van der Waals surface area contributed by atoms with Gasteiger partial charge in [-0.1, -0.05) is 6.07 Å². The van der Waals surface area contributed by atoms with Crippen LogP contribution in [0.25, 0.3) is 22.6 Å². The fourth-order valence-electron chi connectivity index (χ4n) is 3.09. The van der Waals surface area contributed by atoms with Gasteiger partial charge in [-0.15, -0.1) is 0 Å². The monoisotopic (exact) mass is 371 g/mol. The van der Waals surface area contributed by atoms with Gasteiger partial charge < -0.3 is 15.1 Å². The SMILES string of the molecule is Cc1nc(C)c(-c2nc3ccc(C4CS(=O)C(C)(C)C(N)=N4)cc3[nH]2)o1. The molecule has 0 saturated carbocycles. The maximum atomic E-state index is 12.5. The van der Waals surface area contributed by atoms with Crippen molar-refractivity contribution in [2.45, 2.75) is 38.5 Å². The first-order valence-electron chi connectivity index (χ1n) is 8.42. The van der Waals surface area contributed by atoms with Gasteiger partial charge in [0.05, 0.1) is 33.3 Å². The lowest BCUT2D eigenvalue weighted by atomic mass is 10.1. The zero-order valence-corrected chi connectivity index (χ0v) is 16.0. The molecule has 0 fully saturated rings. The van der Waals surface area contributed by atoms with E-state index >= 15 is 0 Å². The van der Waals surface area contributed by atoms with Gasteiger partial charge in [-0.25, -0.2) is 9.97 Å². The highest BCUT2D eigenvalue weighted by Crippen LogP contribution is 2.31. The van der Waals surface area contributed by atoms with E-state index in [0.717, 1.165) is 22.3 Å². The Labute approximate surface area is 153 Å². The molecule has 2 aromatic heterocycles. The normalized spacial score (nSPS) is 22.5. The number of aliphatic imine (C=N–C) groups is 1. The number of fused-ring (bicyclic) bond motifs is 1. The second-order valence-electron chi connectivity index (χ2n) is 7.06. The number of imidazole rings is 1. The van der Waals surface area contributed by atoms with Crippen LogP contribution in [0, 0.1) is 13.8 Å². The van der Waals surface area contributed by atoms with E-state index in [-0.39, 0.29) is 6.04 Å². The zero-order chi connectivity index (χ0) is 18.6. The first kappa shape index (κ1) is 17.0. The van der Waals surface area contributed by atoms with E-state index in [4.69, 9.17) is 10.2 Å². The van der Waals surface area contributed by atoms with Crippen LogP contribution < -0.4 is 5.73 Å². The maximum absolute atomic E-state index is 12.5. The summed E-state index contributed by atoms with van der Waals surface area (Å²) in [7, 11) is -1.07. The predicted molar refractivity (Wildman–Crippen MR) is 103 cm³/mol. The van der Waals surface area contributed by atoms with Crippen LogP contribution in [0.3, 0.4) is 0 Å². The molecule has 0 radical (unpaired) electrons. The van der Waals surface area contributed by atoms with Gasteiger partial charge >= 0.3 is 0 Å². The number of nitrogens with zero attached hydrogens (tertiary/aromatic N) is 3. The Morgan fingerprint density at radius 1 is 1.31 bits per heavy atom. The van der Waals surface area contributed by atoms with Crippen LogP contribution in [0.15, 0.2) is 27.6 Å². The summed E-state index contributed by atoms with van der Waals surface area (Å²) < 4.78 is 17.6. The number of aryl methyl sites for hydroxylation is 2. The third-order valence-electron chi connectivity index (χ3n) is 4.80. The van der Waals surface area contributed by atoms with E-state index in [1.165, 1.54) is 0 Å². The summed E-state index contributed by atoms with van der Waals surface area (Å²) in [6.45, 7) is 7.43. The van der Waals surface area contributed by atoms with E-state index in [1.54, 1.807) is 0 Å². The van der Waals surface area contributed by atoms with E-state index in [1.807, 2.05) is 45.9 Å². The van der Waals surface area contributed by atoms with Gasteiger partial charge in [-0.2, -0.15) is 0 Å². The summed E-state index contributed by atoms with van der Waals surface area (Å²) in [4.78, 5) is 16.7. The Hall–Kier alpha value is -2.48. The van der Waals surface area contributed by atoms with E-state index in [9.17, 15) is 4.21 Å². The number of hydrogen-bond donors (Lipinski definition) is 2. The molecule has 3 N–H and O–H groups in total. The minimum atomic E-state index is -1.07. The number of benzene rings is 1. The third kappa shape index (κ3) is 2.65. The number of hydrogen-bond acceptors (Lipinski definition) is 6. The number of rotatable bonds is 2. The Kier molecular flexibility index (Phi) is 3.76. The van der Waals surface area contributed by atoms with E-state index in [0.29, 0.717) is 29.1 Å². The van der Waals surface area contributed by atoms with Gasteiger partial charge in [0.25, 0.3) is 0 Å². The van der Waals surface area contributed by atoms with Crippen molar-refractivity contribution in [2.24, 2.45) is 10.7 Å². The van der Waals surface area contributed by atoms with Crippen molar-refractivity contribution in [2.75, 3.05) is 5.75 Å². The highest BCUT2D eigenvalue weighted by molar-refractivity contribution is 7.87. The van der Waals surface area contributed by atoms with Gasteiger partial charge in [0, 0.05) is 17.7 Å². The van der Waals surface area contributed by atoms with Crippen molar-refractivity contribution in [3.8, 4) is 11.6 Å². The molecule has 8 heteroatoms. The second kappa shape index (κ2) is 5.77. The number of H-pyrrole nitrogens is 1. The van der Waals surface area contributed by atoms with Crippen LogP contribution in [-0.2, 0) is 10.8 Å². The largest absolute Gasteiger partial charge is 0.437 e. The molecule has 3 heterocycles. The van der Waals surface area contributed by atoms with Gasteiger partial charge in [0.1, 0.15) is 5.84 Å². The Bertz CT molecular complexity index is 1060. The molecule has 0 aliphatic carbocycles. The second-order valence-corrected chi connectivity index (χ2v) is 9.11. The lowest BCUT2D eigenvalue weighted by molar-refractivity contribution is 0.531. The van der Waals surface area contributed by atoms with Crippen molar-refractivity contribution in [1.29, 1.82) is 0 Å². The molecule has 3 aromatic rings. The van der Waals surface area contributed by atoms with E-state index < -0.39 is 15.5 Å². The molecule has 7 nitrogen and oxygen atoms in total. The fraction of sp³-hybridized carbons (Fsp3) is 0.389. The maximum Gasteiger partial charge on any atom is 0.192 e. The van der Waals surface area contributed by atoms with Crippen LogP contribution in [0.5, 0.6) is 0 Å². The number of nitrogens with one attached hydrogen (secondary N) is 1. The quantitative estimate of drug-likeness (QED) is 0.720. The Morgan fingerprint density at radius 3 is 2.73 bits per heavy atom. The van der Waals surface area contributed by atoms with Gasteiger partial charge in [0.2, 0.25) is 0 Å². The highest BCUT2D eigenvalue weighted by Gasteiger charge is 2.37.